The molecular weight excluding hydrogens is 232 g/mol. The molecule has 0 aromatic rings. The molecule has 2 unspecified atom stereocenters. The summed E-state index contributed by atoms with van der Waals surface area (Å²) in [7, 11) is 3.20. The Morgan fingerprint density at radius 2 is 2.06 bits per heavy atom. The topological polar surface area (TPSA) is 62.6 Å². The average Bonchev–Trinajstić information content (AvgIpc) is 2.36. The SMILES string of the molecule is CCCC(C#N)C(=O)N(CCOC)C(C)COC. The fraction of sp³-hybridized carbons (Fsp3) is 0.846. The van der Waals surface area contributed by atoms with E-state index in [0.29, 0.717) is 26.2 Å². The fourth-order valence-corrected chi connectivity index (χ4v) is 1.80. The lowest BCUT2D eigenvalue weighted by molar-refractivity contribution is -0.137. The van der Waals surface area contributed by atoms with E-state index in [1.807, 2.05) is 13.8 Å². The minimum atomic E-state index is -0.564. The van der Waals surface area contributed by atoms with E-state index < -0.39 is 5.92 Å². The number of hydrogen-bond donors (Lipinski definition) is 0. The summed E-state index contributed by atoms with van der Waals surface area (Å²) in [5, 5.41) is 9.05. The van der Waals surface area contributed by atoms with Gasteiger partial charge in [0.15, 0.2) is 0 Å². The maximum Gasteiger partial charge on any atom is 0.240 e. The number of ether oxygens (including phenoxy) is 2. The van der Waals surface area contributed by atoms with Crippen molar-refractivity contribution in [3.63, 3.8) is 0 Å². The normalized spacial score (nSPS) is 13.7. The van der Waals surface area contributed by atoms with E-state index in [1.54, 1.807) is 19.1 Å². The van der Waals surface area contributed by atoms with Gasteiger partial charge in [0.25, 0.3) is 0 Å². The van der Waals surface area contributed by atoms with Crippen molar-refractivity contribution in [1.82, 2.24) is 4.90 Å². The third-order valence-corrected chi connectivity index (χ3v) is 2.79. The van der Waals surface area contributed by atoms with Gasteiger partial charge in [-0.25, -0.2) is 0 Å². The zero-order valence-electron chi connectivity index (χ0n) is 11.8. The number of nitrogens with zero attached hydrogens (tertiary/aromatic N) is 2. The minimum absolute atomic E-state index is 0.0506. The van der Waals surface area contributed by atoms with E-state index in [4.69, 9.17) is 14.7 Å². The smallest absolute Gasteiger partial charge is 0.240 e. The number of methoxy groups -OCH3 is 2. The van der Waals surface area contributed by atoms with Gasteiger partial charge in [-0.05, 0) is 13.3 Å². The second kappa shape index (κ2) is 9.86. The number of carbonyl (C=O) groups is 1. The molecule has 0 aliphatic carbocycles. The predicted molar refractivity (Wildman–Crippen MR) is 68.9 cm³/mol. The Balaban J connectivity index is 4.71. The van der Waals surface area contributed by atoms with Gasteiger partial charge in [0.2, 0.25) is 5.91 Å². The lowest BCUT2D eigenvalue weighted by Crippen LogP contribution is -2.45. The average molecular weight is 256 g/mol. The van der Waals surface area contributed by atoms with E-state index in [1.165, 1.54) is 0 Å². The highest BCUT2D eigenvalue weighted by atomic mass is 16.5. The van der Waals surface area contributed by atoms with Crippen molar-refractivity contribution in [3.05, 3.63) is 0 Å². The highest BCUT2D eigenvalue weighted by Gasteiger charge is 2.26. The van der Waals surface area contributed by atoms with Crippen LogP contribution in [0.3, 0.4) is 0 Å². The minimum Gasteiger partial charge on any atom is -0.383 e. The molecular formula is C13H24N2O3. The molecule has 0 bridgehead atoms. The number of amides is 1. The van der Waals surface area contributed by atoms with Crippen molar-refractivity contribution >= 4 is 5.91 Å². The van der Waals surface area contributed by atoms with Crippen molar-refractivity contribution in [3.8, 4) is 6.07 Å². The van der Waals surface area contributed by atoms with Gasteiger partial charge in [-0.3, -0.25) is 4.79 Å². The van der Waals surface area contributed by atoms with Crippen molar-refractivity contribution in [2.75, 3.05) is 34.0 Å². The summed E-state index contributed by atoms with van der Waals surface area (Å²) in [5.41, 5.74) is 0. The molecule has 0 spiro atoms. The van der Waals surface area contributed by atoms with Crippen LogP contribution in [0.5, 0.6) is 0 Å². The molecule has 0 heterocycles. The van der Waals surface area contributed by atoms with E-state index in [0.717, 1.165) is 6.42 Å². The Morgan fingerprint density at radius 3 is 2.50 bits per heavy atom. The molecule has 0 saturated heterocycles. The van der Waals surface area contributed by atoms with Gasteiger partial charge < -0.3 is 14.4 Å². The van der Waals surface area contributed by atoms with Crippen LogP contribution in [0.2, 0.25) is 0 Å². The first kappa shape index (κ1) is 16.9. The summed E-state index contributed by atoms with van der Waals surface area (Å²) in [5.74, 6) is -0.688. The van der Waals surface area contributed by atoms with E-state index in [-0.39, 0.29) is 11.9 Å². The lowest BCUT2D eigenvalue weighted by Gasteiger charge is -2.30. The van der Waals surface area contributed by atoms with Gasteiger partial charge in [-0.2, -0.15) is 5.26 Å². The maximum absolute atomic E-state index is 12.3. The zero-order valence-corrected chi connectivity index (χ0v) is 11.8. The second-order valence-electron chi connectivity index (χ2n) is 4.30. The van der Waals surface area contributed by atoms with Gasteiger partial charge in [-0.1, -0.05) is 13.3 Å². The van der Waals surface area contributed by atoms with Gasteiger partial charge >= 0.3 is 0 Å². The van der Waals surface area contributed by atoms with Crippen molar-refractivity contribution < 1.29 is 14.3 Å². The lowest BCUT2D eigenvalue weighted by atomic mass is 10.0. The van der Waals surface area contributed by atoms with Crippen LogP contribution in [0.1, 0.15) is 26.7 Å². The summed E-state index contributed by atoms with van der Waals surface area (Å²) in [6, 6.07) is 2.03. The Hall–Kier alpha value is -1.12. The van der Waals surface area contributed by atoms with Crippen LogP contribution in [0.4, 0.5) is 0 Å². The first-order valence-corrected chi connectivity index (χ1v) is 6.30. The third kappa shape index (κ3) is 5.48. The Bertz CT molecular complexity index is 276. The standard InChI is InChI=1S/C13H24N2O3/c1-5-6-12(9-14)13(16)15(7-8-17-3)11(2)10-18-4/h11-12H,5-8,10H2,1-4H3. The molecule has 0 aliphatic heterocycles. The molecule has 104 valence electrons. The summed E-state index contributed by atoms with van der Waals surface area (Å²) in [4.78, 5) is 14.0. The number of hydrogen-bond acceptors (Lipinski definition) is 4. The second-order valence-corrected chi connectivity index (χ2v) is 4.30. The number of rotatable bonds is 9. The monoisotopic (exact) mass is 256 g/mol. The molecule has 0 radical (unpaired) electrons. The molecule has 0 aromatic heterocycles. The first-order valence-electron chi connectivity index (χ1n) is 6.30. The molecule has 0 aliphatic rings. The van der Waals surface area contributed by atoms with Crippen LogP contribution < -0.4 is 0 Å². The van der Waals surface area contributed by atoms with Gasteiger partial charge in [0.1, 0.15) is 5.92 Å². The van der Waals surface area contributed by atoms with Crippen LogP contribution >= 0.6 is 0 Å². The number of nitriles is 1. The van der Waals surface area contributed by atoms with E-state index in [9.17, 15) is 4.79 Å². The van der Waals surface area contributed by atoms with Crippen LogP contribution in [-0.4, -0.2) is 50.8 Å². The summed E-state index contributed by atoms with van der Waals surface area (Å²) in [6.07, 6.45) is 1.42. The molecule has 1 amide bonds. The fourth-order valence-electron chi connectivity index (χ4n) is 1.80. The molecule has 0 N–H and O–H groups in total. The first-order chi connectivity index (χ1) is 8.62. The maximum atomic E-state index is 12.3. The molecule has 2 atom stereocenters. The Morgan fingerprint density at radius 1 is 1.39 bits per heavy atom. The van der Waals surface area contributed by atoms with Gasteiger partial charge in [0, 0.05) is 20.8 Å². The Labute approximate surface area is 110 Å². The predicted octanol–water partition coefficient (Wildman–Crippen LogP) is 1.44. The van der Waals surface area contributed by atoms with Crippen molar-refractivity contribution in [1.29, 1.82) is 5.26 Å². The van der Waals surface area contributed by atoms with Gasteiger partial charge in [0.05, 0.1) is 25.3 Å². The summed E-state index contributed by atoms with van der Waals surface area (Å²) >= 11 is 0. The molecule has 5 heteroatoms. The van der Waals surface area contributed by atoms with Crippen LogP contribution in [0, 0.1) is 17.2 Å². The number of carbonyl (C=O) groups excluding carboxylic acids is 1. The highest BCUT2D eigenvalue weighted by Crippen LogP contribution is 2.12. The molecule has 0 saturated carbocycles. The third-order valence-electron chi connectivity index (χ3n) is 2.79. The van der Waals surface area contributed by atoms with Gasteiger partial charge in [-0.15, -0.1) is 0 Å². The Kier molecular flexibility index (Phi) is 9.25. The molecule has 0 aromatic carbocycles. The van der Waals surface area contributed by atoms with Crippen molar-refractivity contribution in [2.24, 2.45) is 5.92 Å². The van der Waals surface area contributed by atoms with Crippen LogP contribution in [-0.2, 0) is 14.3 Å². The van der Waals surface area contributed by atoms with Crippen LogP contribution in [0.25, 0.3) is 0 Å². The van der Waals surface area contributed by atoms with Crippen LogP contribution in [0.15, 0.2) is 0 Å². The molecule has 0 fully saturated rings. The summed E-state index contributed by atoms with van der Waals surface area (Å²) < 4.78 is 10.1. The quantitative estimate of drug-likeness (QED) is 0.626. The van der Waals surface area contributed by atoms with E-state index in [2.05, 4.69) is 6.07 Å². The zero-order chi connectivity index (χ0) is 14.0. The summed E-state index contributed by atoms with van der Waals surface area (Å²) in [6.45, 7) is 5.29. The molecule has 5 nitrogen and oxygen atoms in total. The largest absolute Gasteiger partial charge is 0.383 e. The molecule has 0 rings (SSSR count). The van der Waals surface area contributed by atoms with E-state index >= 15 is 0 Å². The molecule has 18 heavy (non-hydrogen) atoms. The van der Waals surface area contributed by atoms with Crippen molar-refractivity contribution in [2.45, 2.75) is 32.7 Å². The highest BCUT2D eigenvalue weighted by molar-refractivity contribution is 5.81.